The van der Waals surface area contributed by atoms with Gasteiger partial charge in [0.15, 0.2) is 12.4 Å². The number of carbonyl (C=O) groups is 1. The first kappa shape index (κ1) is 18.7. The average Bonchev–Trinajstić information content (AvgIpc) is 2.66. The van der Waals surface area contributed by atoms with Crippen LogP contribution >= 0.6 is 34.2 Å². The number of aromatic nitrogens is 1. The molecule has 1 heterocycles. The summed E-state index contributed by atoms with van der Waals surface area (Å²) in [6, 6.07) is 14.9. The minimum absolute atomic E-state index is 0.103. The van der Waals surface area contributed by atoms with E-state index in [0.717, 1.165) is 14.7 Å². The first-order chi connectivity index (χ1) is 12.6. The molecule has 7 heteroatoms. The van der Waals surface area contributed by atoms with Crippen LogP contribution in [0, 0.1) is 3.57 Å². The predicted octanol–water partition coefficient (Wildman–Crippen LogP) is 4.07. The molecule has 0 saturated heterocycles. The zero-order valence-electron chi connectivity index (χ0n) is 13.7. The van der Waals surface area contributed by atoms with E-state index in [9.17, 15) is 4.79 Å². The van der Waals surface area contributed by atoms with Gasteiger partial charge in [-0.05, 0) is 52.9 Å². The number of halogens is 2. The normalized spacial score (nSPS) is 10.5. The molecule has 1 amide bonds. The number of hydrogen-bond acceptors (Lipinski definition) is 4. The number of ether oxygens (including phenoxy) is 2. The van der Waals surface area contributed by atoms with Crippen molar-refractivity contribution in [2.75, 3.05) is 19.8 Å². The Morgan fingerprint density at radius 1 is 1.15 bits per heavy atom. The summed E-state index contributed by atoms with van der Waals surface area (Å²) < 4.78 is 12.0. The molecule has 0 aliphatic heterocycles. The molecule has 0 unspecified atom stereocenters. The van der Waals surface area contributed by atoms with Crippen LogP contribution < -0.4 is 14.8 Å². The van der Waals surface area contributed by atoms with Crippen LogP contribution in [0.2, 0.25) is 5.02 Å². The van der Waals surface area contributed by atoms with E-state index < -0.39 is 0 Å². The van der Waals surface area contributed by atoms with Crippen molar-refractivity contribution < 1.29 is 14.3 Å². The van der Waals surface area contributed by atoms with Gasteiger partial charge in [-0.3, -0.25) is 9.78 Å². The van der Waals surface area contributed by atoms with Crippen LogP contribution in [0.4, 0.5) is 0 Å². The largest absolute Gasteiger partial charge is 0.492 e. The van der Waals surface area contributed by atoms with Crippen LogP contribution in [0.5, 0.6) is 11.5 Å². The van der Waals surface area contributed by atoms with Crippen molar-refractivity contribution >= 4 is 51.0 Å². The van der Waals surface area contributed by atoms with Crippen molar-refractivity contribution in [3.8, 4) is 11.5 Å². The molecule has 0 bridgehead atoms. The fraction of sp³-hybridized carbons (Fsp3) is 0.158. The van der Waals surface area contributed by atoms with Crippen LogP contribution in [0.25, 0.3) is 10.9 Å². The molecule has 0 fully saturated rings. The van der Waals surface area contributed by atoms with Gasteiger partial charge in [0.05, 0.1) is 15.1 Å². The fourth-order valence-electron chi connectivity index (χ4n) is 2.35. The Bertz CT molecular complexity index is 906. The third kappa shape index (κ3) is 4.76. The van der Waals surface area contributed by atoms with Crippen LogP contribution in [-0.2, 0) is 4.79 Å². The predicted molar refractivity (Wildman–Crippen MR) is 110 cm³/mol. The molecule has 5 nitrogen and oxygen atoms in total. The summed E-state index contributed by atoms with van der Waals surface area (Å²) in [5.74, 6) is 1.10. The molecular formula is C19H16ClIN2O3. The number of nitrogens with one attached hydrogen (secondary N) is 1. The maximum absolute atomic E-state index is 12.0. The highest BCUT2D eigenvalue weighted by atomic mass is 127. The van der Waals surface area contributed by atoms with Gasteiger partial charge in [0.25, 0.3) is 5.91 Å². The highest BCUT2D eigenvalue weighted by Crippen LogP contribution is 2.34. The summed E-state index contributed by atoms with van der Waals surface area (Å²) >= 11 is 8.36. The van der Waals surface area contributed by atoms with Crippen LogP contribution in [0.15, 0.2) is 54.7 Å². The Hall–Kier alpha value is -2.06. The van der Waals surface area contributed by atoms with Crippen LogP contribution in [-0.4, -0.2) is 30.6 Å². The van der Waals surface area contributed by atoms with E-state index in [1.165, 1.54) is 0 Å². The molecule has 1 N–H and O–H groups in total. The minimum Gasteiger partial charge on any atom is -0.492 e. The van der Waals surface area contributed by atoms with E-state index in [-0.39, 0.29) is 12.5 Å². The number of para-hydroxylation sites is 1. The lowest BCUT2D eigenvalue weighted by Gasteiger charge is -2.12. The van der Waals surface area contributed by atoms with E-state index in [0.29, 0.717) is 29.4 Å². The monoisotopic (exact) mass is 482 g/mol. The van der Waals surface area contributed by atoms with Gasteiger partial charge < -0.3 is 14.8 Å². The van der Waals surface area contributed by atoms with E-state index in [1.54, 1.807) is 12.3 Å². The van der Waals surface area contributed by atoms with Gasteiger partial charge >= 0.3 is 0 Å². The quantitative estimate of drug-likeness (QED) is 0.407. The zero-order valence-corrected chi connectivity index (χ0v) is 16.7. The first-order valence-corrected chi connectivity index (χ1v) is 9.41. The number of fused-ring (bicyclic) bond motifs is 1. The second-order valence-electron chi connectivity index (χ2n) is 5.37. The summed E-state index contributed by atoms with van der Waals surface area (Å²) in [7, 11) is 0. The molecule has 0 radical (unpaired) electrons. The van der Waals surface area contributed by atoms with Crippen molar-refractivity contribution in [3.05, 3.63) is 63.3 Å². The lowest BCUT2D eigenvalue weighted by Crippen LogP contribution is -2.32. The molecule has 3 aromatic rings. The smallest absolute Gasteiger partial charge is 0.258 e. The molecule has 2 aromatic carbocycles. The summed E-state index contributed by atoms with van der Waals surface area (Å²) in [6.07, 6.45) is 1.67. The minimum atomic E-state index is -0.225. The van der Waals surface area contributed by atoms with E-state index in [1.807, 2.05) is 42.5 Å². The van der Waals surface area contributed by atoms with Crippen molar-refractivity contribution in [1.29, 1.82) is 0 Å². The van der Waals surface area contributed by atoms with Crippen molar-refractivity contribution in [1.82, 2.24) is 10.3 Å². The SMILES string of the molecule is O=C(COc1c(I)cc(Cl)c2cccnc12)NCCOc1ccccc1. The molecule has 0 saturated carbocycles. The highest BCUT2D eigenvalue weighted by molar-refractivity contribution is 14.1. The second-order valence-corrected chi connectivity index (χ2v) is 6.94. The number of rotatable bonds is 7. The maximum Gasteiger partial charge on any atom is 0.258 e. The third-order valence-electron chi connectivity index (χ3n) is 3.53. The number of amides is 1. The molecule has 134 valence electrons. The van der Waals surface area contributed by atoms with Crippen LogP contribution in [0.3, 0.4) is 0 Å². The number of carbonyl (C=O) groups excluding carboxylic acids is 1. The molecule has 0 aliphatic carbocycles. The summed E-state index contributed by atoms with van der Waals surface area (Å²) in [4.78, 5) is 16.3. The lowest BCUT2D eigenvalue weighted by atomic mass is 10.2. The first-order valence-electron chi connectivity index (χ1n) is 7.95. The summed E-state index contributed by atoms with van der Waals surface area (Å²) in [5, 5.41) is 4.16. The molecule has 0 spiro atoms. The Balaban J connectivity index is 1.53. The Labute approximate surface area is 169 Å². The van der Waals surface area contributed by atoms with E-state index in [4.69, 9.17) is 21.1 Å². The van der Waals surface area contributed by atoms with E-state index in [2.05, 4.69) is 32.9 Å². The van der Waals surface area contributed by atoms with Crippen molar-refractivity contribution in [2.45, 2.75) is 0 Å². The van der Waals surface area contributed by atoms with Gasteiger partial charge in [-0.2, -0.15) is 0 Å². The number of hydrogen-bond donors (Lipinski definition) is 1. The highest BCUT2D eigenvalue weighted by Gasteiger charge is 2.13. The number of nitrogens with zero attached hydrogens (tertiary/aromatic N) is 1. The summed E-state index contributed by atoms with van der Waals surface area (Å²) in [6.45, 7) is 0.682. The topological polar surface area (TPSA) is 60.5 Å². The maximum atomic E-state index is 12.0. The zero-order chi connectivity index (χ0) is 18.4. The Morgan fingerprint density at radius 2 is 1.96 bits per heavy atom. The molecule has 3 rings (SSSR count). The molecule has 1 aromatic heterocycles. The van der Waals surface area contributed by atoms with Gasteiger partial charge in [0.1, 0.15) is 17.9 Å². The van der Waals surface area contributed by atoms with Gasteiger partial charge in [-0.25, -0.2) is 0 Å². The average molecular weight is 483 g/mol. The summed E-state index contributed by atoms with van der Waals surface area (Å²) in [5.41, 5.74) is 0.643. The van der Waals surface area contributed by atoms with Gasteiger partial charge in [-0.1, -0.05) is 29.8 Å². The molecular weight excluding hydrogens is 467 g/mol. The fourth-order valence-corrected chi connectivity index (χ4v) is 3.52. The van der Waals surface area contributed by atoms with Crippen LogP contribution in [0.1, 0.15) is 0 Å². The number of benzene rings is 2. The molecule has 0 aliphatic rings. The van der Waals surface area contributed by atoms with Crippen molar-refractivity contribution in [3.63, 3.8) is 0 Å². The number of pyridine rings is 1. The standard InChI is InChI=1S/C19H16ClIN2O3/c20-15-11-16(21)19(18-14(15)7-4-8-23-18)26-12-17(24)22-9-10-25-13-5-2-1-3-6-13/h1-8,11H,9-10,12H2,(H,22,24). The van der Waals surface area contributed by atoms with Gasteiger partial charge in [-0.15, -0.1) is 0 Å². The second kappa shape index (κ2) is 9.05. The van der Waals surface area contributed by atoms with Gasteiger partial charge in [0.2, 0.25) is 0 Å². The third-order valence-corrected chi connectivity index (χ3v) is 4.65. The molecule has 26 heavy (non-hydrogen) atoms. The van der Waals surface area contributed by atoms with Crippen molar-refractivity contribution in [2.24, 2.45) is 0 Å². The van der Waals surface area contributed by atoms with Gasteiger partial charge in [0, 0.05) is 11.6 Å². The lowest BCUT2D eigenvalue weighted by molar-refractivity contribution is -0.123. The Morgan fingerprint density at radius 3 is 2.77 bits per heavy atom. The van der Waals surface area contributed by atoms with E-state index >= 15 is 0 Å². The molecule has 0 atom stereocenters. The Kier molecular flexibility index (Phi) is 6.51.